The molecule has 0 saturated carbocycles. The van der Waals surface area contributed by atoms with Crippen LogP contribution in [-0.4, -0.2) is 15.0 Å². The van der Waals surface area contributed by atoms with E-state index in [1.807, 2.05) is 42.5 Å². The molecule has 2 aromatic heterocycles. The quantitative estimate of drug-likeness (QED) is 0.714. The van der Waals surface area contributed by atoms with Crippen molar-refractivity contribution in [2.45, 2.75) is 0 Å². The number of ether oxygens (including phenoxy) is 1. The molecule has 2 heterocycles. The fourth-order valence-corrected chi connectivity index (χ4v) is 1.65. The van der Waals surface area contributed by atoms with Crippen LogP contribution in [0.25, 0.3) is 11.1 Å². The summed E-state index contributed by atoms with van der Waals surface area (Å²) in [4.78, 5) is 12.4. The highest BCUT2D eigenvalue weighted by Gasteiger charge is 2.02. The highest BCUT2D eigenvalue weighted by Crippen LogP contribution is 2.20. The lowest BCUT2D eigenvalue weighted by Crippen LogP contribution is -1.91. The minimum Gasteiger partial charge on any atom is -0.424 e. The third-order valence-electron chi connectivity index (χ3n) is 2.58. The smallest absolute Gasteiger partial charge is 0.321 e. The first kappa shape index (κ1) is 11.3. The second kappa shape index (κ2) is 5.27. The summed E-state index contributed by atoms with van der Waals surface area (Å²) >= 11 is 0. The van der Waals surface area contributed by atoms with Gasteiger partial charge in [-0.05, 0) is 18.2 Å². The molecule has 0 aliphatic heterocycles. The molecule has 0 N–H and O–H groups in total. The molecule has 92 valence electrons. The molecule has 0 saturated heterocycles. The molecule has 0 atom stereocenters. The average Bonchev–Trinajstić information content (AvgIpc) is 2.50. The third kappa shape index (κ3) is 2.74. The van der Waals surface area contributed by atoms with Gasteiger partial charge >= 0.3 is 6.01 Å². The first-order chi connectivity index (χ1) is 9.42. The number of hydrogen-bond donors (Lipinski definition) is 0. The Kier molecular flexibility index (Phi) is 3.14. The number of hydrogen-bond acceptors (Lipinski definition) is 4. The molecule has 4 nitrogen and oxygen atoms in total. The summed E-state index contributed by atoms with van der Waals surface area (Å²) < 4.78 is 5.53. The van der Waals surface area contributed by atoms with E-state index in [9.17, 15) is 0 Å². The number of pyridine rings is 1. The summed E-state index contributed by atoms with van der Waals surface area (Å²) in [5.74, 6) is 0.719. The number of para-hydroxylation sites is 1. The van der Waals surface area contributed by atoms with Gasteiger partial charge in [-0.2, -0.15) is 0 Å². The minimum atomic E-state index is 0.332. The van der Waals surface area contributed by atoms with Crippen molar-refractivity contribution >= 4 is 0 Å². The van der Waals surface area contributed by atoms with Gasteiger partial charge in [-0.3, -0.25) is 4.98 Å². The Morgan fingerprint density at radius 3 is 2.21 bits per heavy atom. The van der Waals surface area contributed by atoms with Crippen molar-refractivity contribution in [3.8, 4) is 22.9 Å². The second-order valence-electron chi connectivity index (χ2n) is 3.91. The summed E-state index contributed by atoms with van der Waals surface area (Å²) in [7, 11) is 0. The van der Waals surface area contributed by atoms with Gasteiger partial charge in [0.1, 0.15) is 5.75 Å². The molecule has 0 unspecified atom stereocenters. The Morgan fingerprint density at radius 2 is 1.53 bits per heavy atom. The predicted molar refractivity (Wildman–Crippen MR) is 71.8 cm³/mol. The van der Waals surface area contributed by atoms with Crippen LogP contribution in [0.1, 0.15) is 0 Å². The van der Waals surface area contributed by atoms with Crippen molar-refractivity contribution in [2.24, 2.45) is 0 Å². The van der Waals surface area contributed by atoms with Crippen molar-refractivity contribution in [1.82, 2.24) is 15.0 Å². The van der Waals surface area contributed by atoms with E-state index in [1.165, 1.54) is 0 Å². The molecule has 0 spiro atoms. The van der Waals surface area contributed by atoms with E-state index >= 15 is 0 Å². The van der Waals surface area contributed by atoms with Gasteiger partial charge in [0.15, 0.2) is 0 Å². The van der Waals surface area contributed by atoms with Crippen molar-refractivity contribution < 1.29 is 4.74 Å². The molecule has 3 rings (SSSR count). The van der Waals surface area contributed by atoms with Gasteiger partial charge in [0.25, 0.3) is 0 Å². The molecule has 0 amide bonds. The number of aromatic nitrogens is 3. The summed E-state index contributed by atoms with van der Waals surface area (Å²) in [5.41, 5.74) is 1.89. The lowest BCUT2D eigenvalue weighted by Gasteiger charge is -2.04. The molecular weight excluding hydrogens is 238 g/mol. The van der Waals surface area contributed by atoms with E-state index in [0.29, 0.717) is 6.01 Å². The molecule has 1 aromatic carbocycles. The predicted octanol–water partition coefficient (Wildman–Crippen LogP) is 3.33. The van der Waals surface area contributed by atoms with Crippen molar-refractivity contribution in [3.63, 3.8) is 0 Å². The molecule has 3 aromatic rings. The summed E-state index contributed by atoms with van der Waals surface area (Å²) in [6.45, 7) is 0. The van der Waals surface area contributed by atoms with Crippen LogP contribution in [-0.2, 0) is 0 Å². The van der Waals surface area contributed by atoms with Gasteiger partial charge in [-0.15, -0.1) is 0 Å². The standard InChI is InChI=1S/C15H11N3O/c1-2-6-14(7-3-1)19-15-17-10-13(11-18-15)12-5-4-8-16-9-12/h1-11H. The van der Waals surface area contributed by atoms with Gasteiger partial charge in [-0.25, -0.2) is 9.97 Å². The van der Waals surface area contributed by atoms with Crippen LogP contribution in [0, 0.1) is 0 Å². The maximum absolute atomic E-state index is 5.53. The zero-order valence-electron chi connectivity index (χ0n) is 10.1. The van der Waals surface area contributed by atoms with E-state index in [2.05, 4.69) is 15.0 Å². The Balaban J connectivity index is 1.80. The Bertz CT molecular complexity index is 639. The third-order valence-corrected chi connectivity index (χ3v) is 2.58. The second-order valence-corrected chi connectivity index (χ2v) is 3.91. The number of benzene rings is 1. The Labute approximate surface area is 110 Å². The van der Waals surface area contributed by atoms with Crippen LogP contribution in [0.4, 0.5) is 0 Å². The van der Waals surface area contributed by atoms with Gasteiger partial charge in [0, 0.05) is 35.9 Å². The van der Waals surface area contributed by atoms with Crippen molar-refractivity contribution in [2.75, 3.05) is 0 Å². The molecule has 0 fully saturated rings. The SMILES string of the molecule is c1ccc(Oc2ncc(-c3cccnc3)cn2)cc1. The van der Waals surface area contributed by atoms with E-state index in [4.69, 9.17) is 4.74 Å². The van der Waals surface area contributed by atoms with Crippen LogP contribution >= 0.6 is 0 Å². The van der Waals surface area contributed by atoms with Gasteiger partial charge in [0.05, 0.1) is 0 Å². The van der Waals surface area contributed by atoms with Gasteiger partial charge in [-0.1, -0.05) is 24.3 Å². The van der Waals surface area contributed by atoms with Crippen LogP contribution in [0.5, 0.6) is 11.8 Å². The van der Waals surface area contributed by atoms with Crippen LogP contribution < -0.4 is 4.74 Å². The molecular formula is C15H11N3O. The monoisotopic (exact) mass is 249 g/mol. The van der Waals surface area contributed by atoms with Crippen LogP contribution in [0.3, 0.4) is 0 Å². The normalized spacial score (nSPS) is 10.1. The van der Waals surface area contributed by atoms with E-state index < -0.39 is 0 Å². The largest absolute Gasteiger partial charge is 0.424 e. The topological polar surface area (TPSA) is 47.9 Å². The number of rotatable bonds is 3. The first-order valence-electron chi connectivity index (χ1n) is 5.87. The zero-order valence-corrected chi connectivity index (χ0v) is 10.1. The average molecular weight is 249 g/mol. The van der Waals surface area contributed by atoms with Gasteiger partial charge in [0.2, 0.25) is 0 Å². The fourth-order valence-electron chi connectivity index (χ4n) is 1.65. The molecule has 19 heavy (non-hydrogen) atoms. The van der Waals surface area contributed by atoms with Crippen LogP contribution in [0.2, 0.25) is 0 Å². The Hall–Kier alpha value is -2.75. The highest BCUT2D eigenvalue weighted by atomic mass is 16.5. The van der Waals surface area contributed by atoms with E-state index in [-0.39, 0.29) is 0 Å². The molecule has 4 heteroatoms. The molecule has 0 aliphatic carbocycles. The summed E-state index contributed by atoms with van der Waals surface area (Å²) in [5, 5.41) is 0. The maximum Gasteiger partial charge on any atom is 0.321 e. The lowest BCUT2D eigenvalue weighted by atomic mass is 10.2. The Morgan fingerprint density at radius 1 is 0.737 bits per heavy atom. The minimum absolute atomic E-state index is 0.332. The van der Waals surface area contributed by atoms with E-state index in [1.54, 1.807) is 24.8 Å². The molecule has 0 radical (unpaired) electrons. The first-order valence-corrected chi connectivity index (χ1v) is 5.87. The van der Waals surface area contributed by atoms with Gasteiger partial charge < -0.3 is 4.74 Å². The summed E-state index contributed by atoms with van der Waals surface area (Å²) in [6.07, 6.45) is 6.96. The van der Waals surface area contributed by atoms with E-state index in [0.717, 1.165) is 16.9 Å². The maximum atomic E-state index is 5.53. The van der Waals surface area contributed by atoms with Crippen molar-refractivity contribution in [1.29, 1.82) is 0 Å². The highest BCUT2D eigenvalue weighted by molar-refractivity contribution is 5.59. The lowest BCUT2D eigenvalue weighted by molar-refractivity contribution is 0.442. The fraction of sp³-hybridized carbons (Fsp3) is 0. The summed E-state index contributed by atoms with van der Waals surface area (Å²) in [6, 6.07) is 13.6. The number of nitrogens with zero attached hydrogens (tertiary/aromatic N) is 3. The van der Waals surface area contributed by atoms with Crippen molar-refractivity contribution in [3.05, 3.63) is 67.3 Å². The molecule has 0 aliphatic rings. The molecule has 0 bridgehead atoms. The zero-order chi connectivity index (χ0) is 12.9. The van der Waals surface area contributed by atoms with Crippen LogP contribution in [0.15, 0.2) is 67.3 Å².